The number of carbonyl (C=O) groups is 2. The number of H-pyrrole nitrogens is 1. The van der Waals surface area contributed by atoms with Crippen LogP contribution in [0.5, 0.6) is 23.0 Å². The van der Waals surface area contributed by atoms with Gasteiger partial charge < -0.3 is 39.9 Å². The van der Waals surface area contributed by atoms with E-state index in [1.54, 1.807) is 34.3 Å². The van der Waals surface area contributed by atoms with Crippen LogP contribution in [-0.2, 0) is 22.4 Å². The summed E-state index contributed by atoms with van der Waals surface area (Å²) in [6.07, 6.45) is 3.69. The Hall–Kier alpha value is -5.19. The lowest BCUT2D eigenvalue weighted by molar-refractivity contribution is -0.121. The van der Waals surface area contributed by atoms with Gasteiger partial charge in [0, 0.05) is 36.1 Å². The summed E-state index contributed by atoms with van der Waals surface area (Å²) in [5, 5.41) is 10.1. The smallest absolute Gasteiger partial charge is 0.242 e. The van der Waals surface area contributed by atoms with Crippen molar-refractivity contribution in [2.75, 3.05) is 40.3 Å². The molecule has 0 radical (unpaired) electrons. The first-order chi connectivity index (χ1) is 22.2. The number of ether oxygens (including phenoxy) is 4. The number of nitrogens with one attached hydrogen (secondary N) is 4. The first-order valence-electron chi connectivity index (χ1n) is 15.1. The molecule has 242 valence electrons. The van der Waals surface area contributed by atoms with Crippen molar-refractivity contribution in [1.82, 2.24) is 15.6 Å². The van der Waals surface area contributed by atoms with Crippen molar-refractivity contribution < 1.29 is 28.5 Å². The number of benzene rings is 2. The molecule has 1 aliphatic rings. The van der Waals surface area contributed by atoms with Gasteiger partial charge in [0.1, 0.15) is 11.8 Å². The van der Waals surface area contributed by atoms with Crippen molar-refractivity contribution in [2.45, 2.75) is 45.2 Å². The maximum atomic E-state index is 13.6. The Kier molecular flexibility index (Phi) is 9.69. The highest BCUT2D eigenvalue weighted by molar-refractivity contribution is 5.87. The van der Waals surface area contributed by atoms with Crippen molar-refractivity contribution in [3.63, 3.8) is 0 Å². The zero-order valence-corrected chi connectivity index (χ0v) is 27.0. The Labute approximate surface area is 267 Å². The Morgan fingerprint density at radius 1 is 0.978 bits per heavy atom. The molecule has 1 aromatic heterocycles. The normalized spacial score (nSPS) is 14.3. The highest BCUT2D eigenvalue weighted by atomic mass is 16.5. The molecule has 3 aromatic carbocycles. The molecule has 0 saturated carbocycles. The number of aryl methyl sites for hydroxylation is 1. The van der Waals surface area contributed by atoms with E-state index >= 15 is 0 Å². The van der Waals surface area contributed by atoms with Gasteiger partial charge in [0.05, 0.1) is 40.2 Å². The predicted molar refractivity (Wildman–Crippen MR) is 177 cm³/mol. The van der Waals surface area contributed by atoms with Gasteiger partial charge in [0.2, 0.25) is 23.0 Å². The number of anilines is 1. The average Bonchev–Trinajstić information content (AvgIpc) is 3.31. The number of fused-ring (bicyclic) bond motifs is 4. The van der Waals surface area contributed by atoms with Crippen LogP contribution < -0.4 is 40.3 Å². The number of aromatic nitrogens is 1. The molecule has 11 nitrogen and oxygen atoms in total. The van der Waals surface area contributed by atoms with Crippen LogP contribution in [0.15, 0.2) is 53.5 Å². The van der Waals surface area contributed by atoms with Gasteiger partial charge in [0.25, 0.3) is 0 Å². The molecule has 1 aliphatic carbocycles. The first-order valence-corrected chi connectivity index (χ1v) is 15.1. The SMILES string of the molecule is COc1ccc2[nH]cc(CCNC(=O)C(C)Nc3ccc4c(cc3=O)C(NC(C)=O)CCc3cc(OC)c(OC)c(OC)c3-4)c2c1. The second kappa shape index (κ2) is 13.8. The highest BCUT2D eigenvalue weighted by Gasteiger charge is 2.29. The standard InChI is InChI=1S/C35H40N4O7/c1-19(35(42)36-14-13-22-18-37-27-11-8-23(43-3)16-25(22)27)38-29-12-9-24-26(17-30(29)41)28(39-20(2)40)10-7-21-15-31(44-4)33(45-5)34(46-6)32(21)24/h8-9,11-12,15-19,28,37H,7,10,13-14H2,1-6H3,(H,36,42)(H,38,41)(H,39,40). The monoisotopic (exact) mass is 628 g/mol. The molecule has 4 aromatic rings. The van der Waals surface area contributed by atoms with Crippen LogP contribution in [0.2, 0.25) is 0 Å². The fourth-order valence-electron chi connectivity index (χ4n) is 6.09. The molecule has 0 fully saturated rings. The predicted octanol–water partition coefficient (Wildman–Crippen LogP) is 4.51. The Balaban J connectivity index is 1.42. The summed E-state index contributed by atoms with van der Waals surface area (Å²) in [6.45, 7) is 3.57. The molecule has 0 spiro atoms. The van der Waals surface area contributed by atoms with Crippen LogP contribution >= 0.6 is 0 Å². The molecule has 2 unspecified atom stereocenters. The maximum Gasteiger partial charge on any atom is 0.242 e. The number of aromatic amines is 1. The van der Waals surface area contributed by atoms with E-state index in [0.717, 1.165) is 33.3 Å². The van der Waals surface area contributed by atoms with E-state index in [1.807, 2.05) is 36.5 Å². The van der Waals surface area contributed by atoms with Gasteiger partial charge in [0.15, 0.2) is 11.5 Å². The molecule has 0 saturated heterocycles. The number of hydrogen-bond acceptors (Lipinski definition) is 8. The lowest BCUT2D eigenvalue weighted by Crippen LogP contribution is -2.39. The average molecular weight is 629 g/mol. The lowest BCUT2D eigenvalue weighted by Gasteiger charge is -2.19. The third kappa shape index (κ3) is 6.44. The summed E-state index contributed by atoms with van der Waals surface area (Å²) in [7, 11) is 6.28. The van der Waals surface area contributed by atoms with Gasteiger partial charge in [-0.15, -0.1) is 0 Å². The Morgan fingerprint density at radius 2 is 1.76 bits per heavy atom. The summed E-state index contributed by atoms with van der Waals surface area (Å²) in [5.74, 6) is 1.73. The third-order valence-corrected chi connectivity index (χ3v) is 8.35. The fraction of sp³-hybridized carbons (Fsp3) is 0.343. The summed E-state index contributed by atoms with van der Waals surface area (Å²) in [4.78, 5) is 42.2. The van der Waals surface area contributed by atoms with Crippen LogP contribution in [-0.4, -0.2) is 57.8 Å². The van der Waals surface area contributed by atoms with Crippen molar-refractivity contribution >= 4 is 28.4 Å². The molecular weight excluding hydrogens is 588 g/mol. The second-order valence-electron chi connectivity index (χ2n) is 11.2. The maximum absolute atomic E-state index is 13.6. The summed E-state index contributed by atoms with van der Waals surface area (Å²) >= 11 is 0. The molecule has 11 heteroatoms. The van der Waals surface area contributed by atoms with E-state index < -0.39 is 12.1 Å². The molecular formula is C35H40N4O7. The molecule has 0 aliphatic heterocycles. The van der Waals surface area contributed by atoms with Gasteiger partial charge in [-0.3, -0.25) is 14.4 Å². The summed E-state index contributed by atoms with van der Waals surface area (Å²) in [6, 6.07) is 11.6. The van der Waals surface area contributed by atoms with Crippen molar-refractivity contribution in [1.29, 1.82) is 0 Å². The van der Waals surface area contributed by atoms with E-state index in [1.165, 1.54) is 20.1 Å². The van der Waals surface area contributed by atoms with Crippen LogP contribution in [0.1, 0.15) is 43.0 Å². The third-order valence-electron chi connectivity index (χ3n) is 8.35. The molecule has 2 atom stereocenters. The van der Waals surface area contributed by atoms with Gasteiger partial charge in [-0.2, -0.15) is 0 Å². The zero-order chi connectivity index (χ0) is 33.0. The second-order valence-corrected chi connectivity index (χ2v) is 11.2. The highest BCUT2D eigenvalue weighted by Crippen LogP contribution is 2.50. The minimum absolute atomic E-state index is 0.210. The van der Waals surface area contributed by atoms with E-state index in [4.69, 9.17) is 18.9 Å². The number of methoxy groups -OCH3 is 4. The van der Waals surface area contributed by atoms with Gasteiger partial charge in [-0.25, -0.2) is 0 Å². The molecule has 0 bridgehead atoms. The largest absolute Gasteiger partial charge is 0.497 e. The van der Waals surface area contributed by atoms with E-state index in [0.29, 0.717) is 54.2 Å². The topological polar surface area (TPSA) is 140 Å². The molecule has 1 heterocycles. The Morgan fingerprint density at radius 3 is 2.46 bits per heavy atom. The number of amides is 2. The van der Waals surface area contributed by atoms with E-state index in [2.05, 4.69) is 20.9 Å². The lowest BCUT2D eigenvalue weighted by atomic mass is 9.95. The van der Waals surface area contributed by atoms with Crippen molar-refractivity contribution in [3.05, 3.63) is 75.6 Å². The Bertz CT molecular complexity index is 1830. The van der Waals surface area contributed by atoms with Crippen LogP contribution in [0.25, 0.3) is 22.0 Å². The van der Waals surface area contributed by atoms with Gasteiger partial charge in [-0.1, -0.05) is 6.07 Å². The number of hydrogen-bond donors (Lipinski definition) is 4. The van der Waals surface area contributed by atoms with Crippen molar-refractivity contribution in [3.8, 4) is 34.1 Å². The zero-order valence-electron chi connectivity index (χ0n) is 27.0. The summed E-state index contributed by atoms with van der Waals surface area (Å²) < 4.78 is 22.4. The van der Waals surface area contributed by atoms with Crippen LogP contribution in [0, 0.1) is 0 Å². The minimum Gasteiger partial charge on any atom is -0.497 e. The molecule has 5 rings (SSSR count). The summed E-state index contributed by atoms with van der Waals surface area (Å²) in [5.41, 5.74) is 5.03. The minimum atomic E-state index is -0.699. The van der Waals surface area contributed by atoms with E-state index in [-0.39, 0.29) is 22.9 Å². The number of carbonyl (C=O) groups excluding carboxylic acids is 2. The number of rotatable bonds is 11. The van der Waals surface area contributed by atoms with Crippen LogP contribution in [0.4, 0.5) is 5.69 Å². The van der Waals surface area contributed by atoms with Crippen molar-refractivity contribution in [2.24, 2.45) is 0 Å². The molecule has 2 amide bonds. The van der Waals surface area contributed by atoms with Gasteiger partial charge in [-0.05, 0) is 84.8 Å². The molecule has 4 N–H and O–H groups in total. The fourth-order valence-corrected chi connectivity index (χ4v) is 6.09. The quantitative estimate of drug-likeness (QED) is 0.190. The molecule has 46 heavy (non-hydrogen) atoms. The first kappa shape index (κ1) is 32.2. The van der Waals surface area contributed by atoms with E-state index in [9.17, 15) is 14.4 Å². The van der Waals surface area contributed by atoms with Crippen LogP contribution in [0.3, 0.4) is 0 Å². The van der Waals surface area contributed by atoms with Gasteiger partial charge >= 0.3 is 0 Å².